The Morgan fingerprint density at radius 1 is 0.788 bits per heavy atom. The van der Waals surface area contributed by atoms with Gasteiger partial charge in [0.05, 0.1) is 11.3 Å². The van der Waals surface area contributed by atoms with Crippen LogP contribution in [-0.4, -0.2) is 29.3 Å². The third kappa shape index (κ3) is 9.16. The molecule has 2 saturated carbocycles. The number of hydrogen-bond acceptors (Lipinski definition) is 3. The van der Waals surface area contributed by atoms with Gasteiger partial charge < -0.3 is 7.43 Å². The average Bonchev–Trinajstić information content (AvgIpc) is 2.75. The molecule has 7 heteroatoms. The number of aryl methyl sites for hydroxylation is 2. The molecule has 0 unspecified atom stereocenters. The molecule has 1 aromatic heterocycles. The molecular weight excluding hydrogens is 544 g/mol. The zero-order chi connectivity index (χ0) is 22.3. The number of hydrogen-bond donors (Lipinski definition) is 1. The summed E-state index contributed by atoms with van der Waals surface area (Å²) in [6.45, 7) is 3.99. The summed E-state index contributed by atoms with van der Waals surface area (Å²) in [6.07, 6.45) is 12.7. The molecule has 1 N–H and O–H groups in total. The molecule has 4 rings (SSSR count). The van der Waals surface area contributed by atoms with Crippen molar-refractivity contribution in [1.82, 2.24) is 4.98 Å². The summed E-state index contributed by atoms with van der Waals surface area (Å²) < 4.78 is 33.5. The van der Waals surface area contributed by atoms with Crippen LogP contribution in [0.2, 0.25) is 0 Å². The van der Waals surface area contributed by atoms with Crippen LogP contribution in [0.25, 0.3) is 0 Å². The fourth-order valence-corrected chi connectivity index (χ4v) is 10.8. The van der Waals surface area contributed by atoms with E-state index in [2.05, 4.69) is 4.98 Å². The number of pyridine rings is 1. The van der Waals surface area contributed by atoms with Gasteiger partial charge in [0.2, 0.25) is 0 Å². The second-order valence-corrected chi connectivity index (χ2v) is 13.5. The first-order valence-corrected chi connectivity index (χ1v) is 14.8. The van der Waals surface area contributed by atoms with Gasteiger partial charge in [0, 0.05) is 39.7 Å². The second-order valence-electron chi connectivity index (χ2n) is 9.02. The molecule has 0 aliphatic heterocycles. The summed E-state index contributed by atoms with van der Waals surface area (Å²) in [5.74, 6) is 0. The molecule has 0 saturated heterocycles. The van der Waals surface area contributed by atoms with Crippen molar-refractivity contribution in [3.8, 4) is 0 Å². The third-order valence-corrected chi connectivity index (χ3v) is 11.7. The molecule has 188 valence electrons. The Morgan fingerprint density at radius 3 is 1.64 bits per heavy atom. The van der Waals surface area contributed by atoms with Crippen molar-refractivity contribution in [1.29, 1.82) is 0 Å². The molecule has 2 aliphatic carbocycles. The fraction of sp³-hybridized carbons (Fsp3) is 0.538. The van der Waals surface area contributed by atoms with Gasteiger partial charge in [-0.25, -0.2) is 0 Å². The molecule has 0 atom stereocenters. The van der Waals surface area contributed by atoms with Gasteiger partial charge in [0.15, 0.2) is 0 Å². The zero-order valence-electron chi connectivity index (χ0n) is 20.2. The fourth-order valence-electron chi connectivity index (χ4n) is 5.21. The second kappa shape index (κ2) is 14.7. The van der Waals surface area contributed by atoms with Gasteiger partial charge >= 0.3 is 0 Å². The third-order valence-electron chi connectivity index (χ3n) is 6.59. The van der Waals surface area contributed by atoms with Crippen LogP contribution in [0.3, 0.4) is 0 Å². The largest absolute Gasteiger partial charge is 0.358 e. The molecule has 2 fully saturated rings. The summed E-state index contributed by atoms with van der Waals surface area (Å²) in [7, 11) is -5.11. The predicted molar refractivity (Wildman–Crippen MR) is 138 cm³/mol. The molecule has 0 bridgehead atoms. The Kier molecular flexibility index (Phi) is 13.5. The molecule has 0 spiro atoms. The van der Waals surface area contributed by atoms with E-state index in [9.17, 15) is 13.0 Å². The van der Waals surface area contributed by atoms with Crippen molar-refractivity contribution in [2.24, 2.45) is 0 Å². The summed E-state index contributed by atoms with van der Waals surface area (Å²) >= 11 is 0. The van der Waals surface area contributed by atoms with Crippen LogP contribution in [0.5, 0.6) is 0 Å². The molecule has 0 amide bonds. The molecule has 33 heavy (non-hydrogen) atoms. The standard InChI is InChI=1S/C18H27O3PS.C7H9N.CH3.Pd/c19-23(20,21)18-14-8-7-13-17(18)22(15-9-3-1-4-10-15)16-11-5-2-6-12-16;1-6-4-3-5-7(2)8-6;;/h7-8,13-16H,1-6,9-12H2,(H,19,20,21);3-5H,1-2H3;1H3;/q;;-1;/p+1. The van der Waals surface area contributed by atoms with Gasteiger partial charge in [-0.15, -0.1) is 0 Å². The molecular formula is C26H40NO3PPdS. The van der Waals surface area contributed by atoms with Gasteiger partial charge in [0.25, 0.3) is 10.1 Å². The quantitative estimate of drug-likeness (QED) is 0.191. The summed E-state index contributed by atoms with van der Waals surface area (Å²) in [5, 5.41) is 0.971. The molecule has 2 aliphatic rings. The predicted octanol–water partition coefficient (Wildman–Crippen LogP) is 6.58. The van der Waals surface area contributed by atoms with E-state index in [1.165, 1.54) is 64.2 Å². The van der Waals surface area contributed by atoms with Crippen molar-refractivity contribution in [2.45, 2.75) is 94.3 Å². The van der Waals surface area contributed by atoms with E-state index in [-0.39, 0.29) is 32.7 Å². The normalized spacial score (nSPS) is 17.3. The van der Waals surface area contributed by atoms with Crippen LogP contribution in [0.4, 0.5) is 0 Å². The van der Waals surface area contributed by atoms with E-state index in [0.29, 0.717) is 11.3 Å². The van der Waals surface area contributed by atoms with E-state index >= 15 is 0 Å². The van der Waals surface area contributed by atoms with E-state index in [1.54, 1.807) is 12.1 Å². The maximum atomic E-state index is 11.9. The van der Waals surface area contributed by atoms with Crippen LogP contribution >= 0.6 is 7.92 Å². The maximum Gasteiger partial charge on any atom is 0.298 e. The van der Waals surface area contributed by atoms with Crippen molar-refractivity contribution in [3.63, 3.8) is 0 Å². The molecule has 2 aromatic rings. The average molecular weight is 584 g/mol. The SMILES string of the molecule is Cc1cccc(C)n1.O=S(=O)(O)c1ccccc1[PH+](C1CCCCC1)C1CCCCC1.[CH3-].[Pd]. The van der Waals surface area contributed by atoms with Crippen LogP contribution < -0.4 is 5.30 Å². The number of aromatic nitrogens is 1. The first-order chi connectivity index (χ1) is 14.9. The van der Waals surface area contributed by atoms with Crippen molar-refractivity contribution < 1.29 is 33.4 Å². The Bertz CT molecular complexity index is 907. The van der Waals surface area contributed by atoms with E-state index < -0.39 is 18.0 Å². The van der Waals surface area contributed by atoms with Crippen molar-refractivity contribution >= 4 is 23.3 Å². The van der Waals surface area contributed by atoms with Gasteiger partial charge in [-0.1, -0.05) is 31.0 Å². The number of benzene rings is 1. The summed E-state index contributed by atoms with van der Waals surface area (Å²) in [5.41, 5.74) is 3.51. The maximum absolute atomic E-state index is 11.9. The van der Waals surface area contributed by atoms with Gasteiger partial charge in [0.1, 0.15) is 10.2 Å². The van der Waals surface area contributed by atoms with Crippen LogP contribution in [0, 0.1) is 21.3 Å². The van der Waals surface area contributed by atoms with Crippen LogP contribution in [-0.2, 0) is 30.5 Å². The molecule has 1 heterocycles. The topological polar surface area (TPSA) is 67.3 Å². The first-order valence-electron chi connectivity index (χ1n) is 11.7. The summed E-state index contributed by atoms with van der Waals surface area (Å²) in [6, 6.07) is 13.3. The van der Waals surface area contributed by atoms with E-state index in [4.69, 9.17) is 0 Å². The minimum Gasteiger partial charge on any atom is -0.358 e. The van der Waals surface area contributed by atoms with Gasteiger partial charge in [-0.3, -0.25) is 9.54 Å². The monoisotopic (exact) mass is 583 g/mol. The van der Waals surface area contributed by atoms with Gasteiger partial charge in [-0.2, -0.15) is 8.42 Å². The molecule has 4 nitrogen and oxygen atoms in total. The molecule has 0 radical (unpaired) electrons. The van der Waals surface area contributed by atoms with Crippen LogP contribution in [0.1, 0.15) is 75.6 Å². The Hall–Kier alpha value is -0.628. The van der Waals surface area contributed by atoms with E-state index in [0.717, 1.165) is 16.7 Å². The Balaban J connectivity index is 0.000000465. The first kappa shape index (κ1) is 30.4. The van der Waals surface area contributed by atoms with Crippen molar-refractivity contribution in [3.05, 3.63) is 61.3 Å². The van der Waals surface area contributed by atoms with Crippen LogP contribution in [0.15, 0.2) is 47.4 Å². The Morgan fingerprint density at radius 2 is 1.24 bits per heavy atom. The zero-order valence-corrected chi connectivity index (χ0v) is 23.6. The minimum absolute atomic E-state index is 0. The number of rotatable bonds is 4. The van der Waals surface area contributed by atoms with Crippen molar-refractivity contribution in [2.75, 3.05) is 0 Å². The minimum atomic E-state index is -4.13. The summed E-state index contributed by atoms with van der Waals surface area (Å²) in [4.78, 5) is 4.36. The Labute approximate surface area is 216 Å². The number of nitrogens with zero attached hydrogens (tertiary/aromatic N) is 1. The van der Waals surface area contributed by atoms with Gasteiger partial charge in [-0.05, 0) is 89.5 Å². The molecule has 1 aromatic carbocycles. The smallest absolute Gasteiger partial charge is 0.298 e. The van der Waals surface area contributed by atoms with E-state index in [1.807, 2.05) is 44.2 Å².